The lowest BCUT2D eigenvalue weighted by molar-refractivity contribution is 0.329. The molecule has 2 rings (SSSR count). The number of rotatable bonds is 6. The summed E-state index contributed by atoms with van der Waals surface area (Å²) in [5, 5.41) is 8.92. The molecule has 0 heterocycles. The summed E-state index contributed by atoms with van der Waals surface area (Å²) < 4.78 is 4.40. The average Bonchev–Trinajstić information content (AvgIpc) is 3.03. The number of aliphatic hydroxyl groups is 1. The Labute approximate surface area is 154 Å². The lowest BCUT2D eigenvalue weighted by Gasteiger charge is -2.15. The van der Waals surface area contributed by atoms with Crippen LogP contribution in [0.4, 0.5) is 0 Å². The Bertz CT molecular complexity index is 460. The molecule has 0 saturated heterocycles. The molecule has 2 atom stereocenters. The first kappa shape index (κ1) is 20.8. The molecule has 2 nitrogen and oxygen atoms in total. The summed E-state index contributed by atoms with van der Waals surface area (Å²) >= 11 is 8.86. The molecule has 2 aliphatic carbocycles. The molecule has 2 N–H and O–H groups in total. The smallest absolute Gasteiger partial charge is 0.0648 e. The summed E-state index contributed by atoms with van der Waals surface area (Å²) in [5.41, 5.74) is 2.17. The van der Waals surface area contributed by atoms with E-state index < -0.39 is 0 Å². The van der Waals surface area contributed by atoms with Crippen LogP contribution in [0.3, 0.4) is 0 Å². The van der Waals surface area contributed by atoms with Crippen molar-refractivity contribution < 1.29 is 5.11 Å². The first-order valence-corrected chi connectivity index (χ1v) is 10.6. The molecule has 0 aromatic rings. The fourth-order valence-electron chi connectivity index (χ4n) is 2.20. The van der Waals surface area contributed by atoms with Gasteiger partial charge < -0.3 is 9.83 Å². The van der Waals surface area contributed by atoms with Crippen LogP contribution in [0.1, 0.15) is 33.1 Å². The number of hydrogen-bond acceptors (Lipinski definition) is 4. The van der Waals surface area contributed by atoms with E-state index in [9.17, 15) is 0 Å². The van der Waals surface area contributed by atoms with Crippen molar-refractivity contribution in [2.45, 2.75) is 33.1 Å². The zero-order valence-corrected chi connectivity index (χ0v) is 16.6. The van der Waals surface area contributed by atoms with Gasteiger partial charge in [0.25, 0.3) is 0 Å². The highest BCUT2D eigenvalue weighted by Crippen LogP contribution is 2.27. The van der Waals surface area contributed by atoms with E-state index in [1.54, 1.807) is 23.7 Å². The van der Waals surface area contributed by atoms with Crippen LogP contribution in [0, 0.1) is 11.8 Å². The summed E-state index contributed by atoms with van der Waals surface area (Å²) in [6, 6.07) is 0. The highest BCUT2D eigenvalue weighted by Gasteiger charge is 2.08. The molecule has 23 heavy (non-hydrogen) atoms. The summed E-state index contributed by atoms with van der Waals surface area (Å²) in [6.07, 6.45) is 16.2. The Morgan fingerprint density at radius 2 is 1.96 bits per heavy atom. The highest BCUT2D eigenvalue weighted by molar-refractivity contribution is 8.21. The summed E-state index contributed by atoms with van der Waals surface area (Å²) in [4.78, 5) is 0. The van der Waals surface area contributed by atoms with Gasteiger partial charge in [0.1, 0.15) is 0 Å². The number of alkyl halides is 1. The van der Waals surface area contributed by atoms with Gasteiger partial charge in [-0.15, -0.1) is 23.4 Å². The molecule has 0 aromatic heterocycles. The Morgan fingerprint density at radius 1 is 1.30 bits per heavy atom. The standard InChI is InChI=1S/C10H14ClNOS2.C8H14/c1-14-10(4-5-11)15-12-9-3-2-8(6-9)7-13;1-7-3-5-8(2)6-4-7/h2-4,12-13H,5-7H2,1H3;3,5,7-8H,4,6H2,1-2H3/b10-4+;/t;7-,8+. The number of halogens is 1. The van der Waals surface area contributed by atoms with E-state index in [0.717, 1.165) is 33.8 Å². The molecule has 0 spiro atoms. The lowest BCUT2D eigenvalue weighted by Crippen LogP contribution is -2.02. The zero-order valence-electron chi connectivity index (χ0n) is 14.2. The second-order valence-corrected chi connectivity index (χ2v) is 8.12. The zero-order chi connectivity index (χ0) is 17.1. The van der Waals surface area contributed by atoms with Crippen LogP contribution in [0.5, 0.6) is 0 Å². The molecule has 0 amide bonds. The van der Waals surface area contributed by atoms with E-state index >= 15 is 0 Å². The topological polar surface area (TPSA) is 32.3 Å². The second-order valence-electron chi connectivity index (χ2n) is 5.85. The Morgan fingerprint density at radius 3 is 2.39 bits per heavy atom. The SMILES string of the molecule is CS/C(=C\CCl)SNC1=CC=C(CO)C1.C[C@@H]1C=C[C@H](C)CC1. The van der Waals surface area contributed by atoms with Gasteiger partial charge in [-0.25, -0.2) is 0 Å². The second kappa shape index (κ2) is 12.1. The Hall–Kier alpha value is -0.290. The van der Waals surface area contributed by atoms with E-state index in [4.69, 9.17) is 16.7 Å². The van der Waals surface area contributed by atoms with Crippen LogP contribution in [-0.4, -0.2) is 23.8 Å². The van der Waals surface area contributed by atoms with Crippen molar-refractivity contribution in [1.82, 2.24) is 4.72 Å². The summed E-state index contributed by atoms with van der Waals surface area (Å²) in [7, 11) is 0. The van der Waals surface area contributed by atoms with Crippen molar-refractivity contribution in [3.05, 3.63) is 45.9 Å². The normalized spacial score (nSPS) is 23.8. The monoisotopic (exact) mass is 373 g/mol. The molecule has 0 fully saturated rings. The highest BCUT2D eigenvalue weighted by atomic mass is 35.5. The molecule has 130 valence electrons. The summed E-state index contributed by atoms with van der Waals surface area (Å²) in [5.74, 6) is 2.21. The van der Waals surface area contributed by atoms with E-state index in [2.05, 4.69) is 30.7 Å². The van der Waals surface area contributed by atoms with E-state index in [1.807, 2.05) is 24.5 Å². The van der Waals surface area contributed by atoms with E-state index in [-0.39, 0.29) is 6.61 Å². The van der Waals surface area contributed by atoms with Gasteiger partial charge in [0, 0.05) is 18.0 Å². The van der Waals surface area contributed by atoms with Crippen molar-refractivity contribution in [3.63, 3.8) is 0 Å². The van der Waals surface area contributed by atoms with Gasteiger partial charge in [-0.1, -0.05) is 32.1 Å². The van der Waals surface area contributed by atoms with Crippen molar-refractivity contribution in [1.29, 1.82) is 0 Å². The van der Waals surface area contributed by atoms with Gasteiger partial charge in [-0.2, -0.15) is 0 Å². The maximum atomic E-state index is 8.92. The van der Waals surface area contributed by atoms with Crippen molar-refractivity contribution in [3.8, 4) is 0 Å². The fraction of sp³-hybridized carbons (Fsp3) is 0.556. The minimum Gasteiger partial charge on any atom is -0.392 e. The minimum atomic E-state index is 0.138. The molecule has 0 unspecified atom stereocenters. The third-order valence-corrected chi connectivity index (χ3v) is 5.92. The van der Waals surface area contributed by atoms with E-state index in [0.29, 0.717) is 5.88 Å². The molecule has 0 radical (unpaired) electrons. The molecule has 0 saturated carbocycles. The van der Waals surface area contributed by atoms with Crippen LogP contribution in [0.25, 0.3) is 0 Å². The van der Waals surface area contributed by atoms with Crippen LogP contribution in [0.15, 0.2) is 45.9 Å². The molecular weight excluding hydrogens is 346 g/mol. The maximum Gasteiger partial charge on any atom is 0.0648 e. The molecule has 0 aromatic carbocycles. The molecule has 0 bridgehead atoms. The first-order chi connectivity index (χ1) is 11.1. The van der Waals surface area contributed by atoms with Crippen molar-refractivity contribution in [2.75, 3.05) is 18.7 Å². The predicted molar refractivity (Wildman–Crippen MR) is 108 cm³/mol. The average molecular weight is 374 g/mol. The van der Waals surface area contributed by atoms with Gasteiger partial charge in [0.2, 0.25) is 0 Å². The third-order valence-electron chi connectivity index (χ3n) is 3.71. The minimum absolute atomic E-state index is 0.138. The number of thioether (sulfide) groups is 1. The van der Waals surface area contributed by atoms with Gasteiger partial charge in [-0.05, 0) is 60.6 Å². The van der Waals surface area contributed by atoms with Gasteiger partial charge in [0.15, 0.2) is 0 Å². The number of allylic oxidation sites excluding steroid dienone is 6. The van der Waals surface area contributed by atoms with E-state index in [1.165, 1.54) is 12.8 Å². The Balaban J connectivity index is 0.000000277. The molecule has 0 aliphatic heterocycles. The van der Waals surface area contributed by atoms with Crippen LogP contribution < -0.4 is 4.72 Å². The van der Waals surface area contributed by atoms with Gasteiger partial charge >= 0.3 is 0 Å². The number of aliphatic hydroxyl groups excluding tert-OH is 1. The van der Waals surface area contributed by atoms with Gasteiger partial charge in [-0.3, -0.25) is 0 Å². The lowest BCUT2D eigenvalue weighted by atomic mass is 9.91. The predicted octanol–water partition coefficient (Wildman–Crippen LogP) is 5.48. The molecular formula is C18H28ClNOS2. The first-order valence-electron chi connectivity index (χ1n) is 7.99. The van der Waals surface area contributed by atoms with Crippen molar-refractivity contribution in [2.24, 2.45) is 11.8 Å². The van der Waals surface area contributed by atoms with Crippen LogP contribution >= 0.6 is 35.3 Å². The molecule has 5 heteroatoms. The molecule has 2 aliphatic rings. The quantitative estimate of drug-likeness (QED) is 0.366. The van der Waals surface area contributed by atoms with Crippen LogP contribution in [-0.2, 0) is 0 Å². The largest absolute Gasteiger partial charge is 0.392 e. The summed E-state index contributed by atoms with van der Waals surface area (Å²) in [6.45, 7) is 4.70. The maximum absolute atomic E-state index is 8.92. The Kier molecular flexibility index (Phi) is 10.9. The number of hydrogen-bond donors (Lipinski definition) is 2. The third kappa shape index (κ3) is 8.94. The van der Waals surface area contributed by atoms with Gasteiger partial charge in [0.05, 0.1) is 10.8 Å². The van der Waals surface area contributed by atoms with Crippen LogP contribution in [0.2, 0.25) is 0 Å². The van der Waals surface area contributed by atoms with Crippen molar-refractivity contribution >= 4 is 35.3 Å². The number of nitrogens with one attached hydrogen (secondary N) is 1. The fourth-order valence-corrected chi connectivity index (χ4v) is 3.79.